The lowest BCUT2D eigenvalue weighted by Crippen LogP contribution is -2.48. The number of aliphatic hydroxyl groups excluding tert-OH is 1. The van der Waals surface area contributed by atoms with Crippen LogP contribution in [0.4, 0.5) is 0 Å². The fourth-order valence-corrected chi connectivity index (χ4v) is 2.83. The molecule has 1 aliphatic heterocycles. The standard InChI is InChI=1S/C14H19NO3S/c1-14(9-18-10-14)8-15(2)13(17)4-3-12-5-11(6-16)7-19-12/h3-5,7,16H,6,8-10H2,1-2H3/b4-3+. The second kappa shape index (κ2) is 5.86. The zero-order chi connectivity index (χ0) is 13.9. The molecule has 0 radical (unpaired) electrons. The Hall–Kier alpha value is -1.17. The number of rotatable bonds is 5. The molecule has 1 aliphatic rings. The summed E-state index contributed by atoms with van der Waals surface area (Å²) >= 11 is 1.52. The third-order valence-electron chi connectivity index (χ3n) is 3.14. The first-order valence-electron chi connectivity index (χ1n) is 6.22. The van der Waals surface area contributed by atoms with Crippen LogP contribution in [0.2, 0.25) is 0 Å². The van der Waals surface area contributed by atoms with Crippen molar-refractivity contribution in [3.8, 4) is 0 Å². The number of aliphatic hydroxyl groups is 1. The van der Waals surface area contributed by atoms with E-state index in [0.29, 0.717) is 6.54 Å². The number of carbonyl (C=O) groups excluding carboxylic acids is 1. The summed E-state index contributed by atoms with van der Waals surface area (Å²) < 4.78 is 5.18. The number of nitrogens with zero attached hydrogens (tertiary/aromatic N) is 1. The van der Waals surface area contributed by atoms with Crippen LogP contribution in [0.3, 0.4) is 0 Å². The highest BCUT2D eigenvalue weighted by molar-refractivity contribution is 7.11. The molecule has 1 N–H and O–H groups in total. The maximum absolute atomic E-state index is 12.0. The highest BCUT2D eigenvalue weighted by Crippen LogP contribution is 2.27. The van der Waals surface area contributed by atoms with Gasteiger partial charge in [-0.1, -0.05) is 6.92 Å². The Labute approximate surface area is 117 Å². The molecule has 0 aromatic carbocycles. The minimum absolute atomic E-state index is 0.00734. The van der Waals surface area contributed by atoms with Gasteiger partial charge in [-0.05, 0) is 23.1 Å². The van der Waals surface area contributed by atoms with Crippen molar-refractivity contribution in [1.82, 2.24) is 4.90 Å². The number of hydrogen-bond donors (Lipinski definition) is 1. The van der Waals surface area contributed by atoms with Crippen molar-refractivity contribution in [3.63, 3.8) is 0 Å². The van der Waals surface area contributed by atoms with Crippen LogP contribution in [0.15, 0.2) is 17.5 Å². The molecule has 2 heterocycles. The molecule has 0 saturated carbocycles. The summed E-state index contributed by atoms with van der Waals surface area (Å²) in [5.41, 5.74) is 0.982. The Morgan fingerprint density at radius 2 is 2.37 bits per heavy atom. The summed E-state index contributed by atoms with van der Waals surface area (Å²) in [5.74, 6) is -0.00734. The maximum Gasteiger partial charge on any atom is 0.246 e. The first-order chi connectivity index (χ1) is 9.02. The fourth-order valence-electron chi connectivity index (χ4n) is 2.04. The third kappa shape index (κ3) is 3.65. The Morgan fingerprint density at radius 1 is 1.63 bits per heavy atom. The van der Waals surface area contributed by atoms with Crippen LogP contribution in [-0.2, 0) is 16.1 Å². The quantitative estimate of drug-likeness (QED) is 0.837. The molecule has 104 valence electrons. The van der Waals surface area contributed by atoms with Gasteiger partial charge >= 0.3 is 0 Å². The van der Waals surface area contributed by atoms with Crippen molar-refractivity contribution >= 4 is 23.3 Å². The highest BCUT2D eigenvalue weighted by atomic mass is 32.1. The Morgan fingerprint density at radius 3 is 2.89 bits per heavy atom. The highest BCUT2D eigenvalue weighted by Gasteiger charge is 2.35. The smallest absolute Gasteiger partial charge is 0.246 e. The lowest BCUT2D eigenvalue weighted by atomic mass is 9.88. The van der Waals surface area contributed by atoms with E-state index < -0.39 is 0 Å². The molecule has 0 unspecified atom stereocenters. The molecule has 0 spiro atoms. The molecule has 19 heavy (non-hydrogen) atoms. The molecule has 5 heteroatoms. The van der Waals surface area contributed by atoms with Gasteiger partial charge in [0.05, 0.1) is 19.8 Å². The zero-order valence-electron chi connectivity index (χ0n) is 11.3. The molecule has 1 aromatic rings. The van der Waals surface area contributed by atoms with Gasteiger partial charge < -0.3 is 14.7 Å². The second-order valence-electron chi connectivity index (χ2n) is 5.35. The summed E-state index contributed by atoms with van der Waals surface area (Å²) in [6.45, 7) is 4.31. The van der Waals surface area contributed by atoms with Crippen molar-refractivity contribution in [2.75, 3.05) is 26.8 Å². The Bertz CT molecular complexity index is 477. The van der Waals surface area contributed by atoms with Crippen molar-refractivity contribution in [2.45, 2.75) is 13.5 Å². The SMILES string of the molecule is CN(CC1(C)COC1)C(=O)/C=C/c1cc(CO)cs1. The van der Waals surface area contributed by atoms with E-state index in [4.69, 9.17) is 9.84 Å². The van der Waals surface area contributed by atoms with Gasteiger partial charge in [0, 0.05) is 30.0 Å². The molecular weight excluding hydrogens is 262 g/mol. The summed E-state index contributed by atoms with van der Waals surface area (Å²) in [6, 6.07) is 1.88. The van der Waals surface area contributed by atoms with Gasteiger partial charge in [0.2, 0.25) is 5.91 Å². The van der Waals surface area contributed by atoms with Crippen LogP contribution in [-0.4, -0.2) is 42.7 Å². The molecule has 1 fully saturated rings. The lowest BCUT2D eigenvalue weighted by molar-refractivity contribution is -0.137. The summed E-state index contributed by atoms with van der Waals surface area (Å²) in [6.07, 6.45) is 3.37. The molecule has 1 aromatic heterocycles. The number of ether oxygens (including phenoxy) is 1. The zero-order valence-corrected chi connectivity index (χ0v) is 12.1. The minimum atomic E-state index is -0.00734. The number of likely N-dealkylation sites (N-methyl/N-ethyl adjacent to an activating group) is 1. The van der Waals surface area contributed by atoms with Crippen LogP contribution >= 0.6 is 11.3 Å². The predicted molar refractivity (Wildman–Crippen MR) is 75.8 cm³/mol. The lowest BCUT2D eigenvalue weighted by Gasteiger charge is -2.40. The summed E-state index contributed by atoms with van der Waals surface area (Å²) in [7, 11) is 1.81. The number of carbonyl (C=O) groups is 1. The predicted octanol–water partition coefficient (Wildman–Crippen LogP) is 1.75. The van der Waals surface area contributed by atoms with Gasteiger partial charge in [0.15, 0.2) is 0 Å². The summed E-state index contributed by atoms with van der Waals surface area (Å²) in [4.78, 5) is 14.7. The molecule has 0 atom stereocenters. The normalized spacial score (nSPS) is 17.4. The van der Waals surface area contributed by atoms with E-state index in [1.54, 1.807) is 17.1 Å². The van der Waals surface area contributed by atoms with Crippen LogP contribution in [0, 0.1) is 5.41 Å². The molecule has 1 saturated heterocycles. The average molecular weight is 281 g/mol. The maximum atomic E-state index is 12.0. The van der Waals surface area contributed by atoms with Crippen LogP contribution in [0.1, 0.15) is 17.4 Å². The van der Waals surface area contributed by atoms with Crippen LogP contribution in [0.25, 0.3) is 6.08 Å². The van der Waals surface area contributed by atoms with E-state index in [9.17, 15) is 4.79 Å². The van der Waals surface area contributed by atoms with Crippen LogP contribution < -0.4 is 0 Å². The average Bonchev–Trinajstić information content (AvgIpc) is 2.81. The van der Waals surface area contributed by atoms with Crippen molar-refractivity contribution in [2.24, 2.45) is 5.41 Å². The minimum Gasteiger partial charge on any atom is -0.392 e. The number of amides is 1. The fraction of sp³-hybridized carbons (Fsp3) is 0.500. The van der Waals surface area contributed by atoms with E-state index in [2.05, 4.69) is 6.92 Å². The van der Waals surface area contributed by atoms with Crippen molar-refractivity contribution in [3.05, 3.63) is 28.0 Å². The number of hydrogen-bond acceptors (Lipinski definition) is 4. The first-order valence-corrected chi connectivity index (χ1v) is 7.10. The van der Waals surface area contributed by atoms with Gasteiger partial charge in [-0.3, -0.25) is 4.79 Å². The third-order valence-corrected chi connectivity index (χ3v) is 4.09. The second-order valence-corrected chi connectivity index (χ2v) is 6.29. The van der Waals surface area contributed by atoms with E-state index in [0.717, 1.165) is 23.7 Å². The van der Waals surface area contributed by atoms with E-state index in [1.165, 1.54) is 11.3 Å². The number of thiophene rings is 1. The molecule has 1 amide bonds. The van der Waals surface area contributed by atoms with Crippen LogP contribution in [0.5, 0.6) is 0 Å². The van der Waals surface area contributed by atoms with E-state index in [-0.39, 0.29) is 17.9 Å². The van der Waals surface area contributed by atoms with Gasteiger partial charge in [-0.25, -0.2) is 0 Å². The summed E-state index contributed by atoms with van der Waals surface area (Å²) in [5, 5.41) is 10.9. The topological polar surface area (TPSA) is 49.8 Å². The van der Waals surface area contributed by atoms with E-state index >= 15 is 0 Å². The van der Waals surface area contributed by atoms with Crippen molar-refractivity contribution in [1.29, 1.82) is 0 Å². The van der Waals surface area contributed by atoms with Gasteiger partial charge in [0.1, 0.15) is 0 Å². The monoisotopic (exact) mass is 281 g/mol. The van der Waals surface area contributed by atoms with Gasteiger partial charge in [-0.2, -0.15) is 0 Å². The molecule has 4 nitrogen and oxygen atoms in total. The van der Waals surface area contributed by atoms with E-state index in [1.807, 2.05) is 18.5 Å². The van der Waals surface area contributed by atoms with Crippen molar-refractivity contribution < 1.29 is 14.6 Å². The molecule has 0 bridgehead atoms. The molecule has 2 rings (SSSR count). The van der Waals surface area contributed by atoms with Gasteiger partial charge in [0.25, 0.3) is 0 Å². The molecule has 0 aliphatic carbocycles. The largest absolute Gasteiger partial charge is 0.392 e. The first kappa shape index (κ1) is 14.2. The van der Waals surface area contributed by atoms with Gasteiger partial charge in [-0.15, -0.1) is 11.3 Å². The Kier molecular flexibility index (Phi) is 4.39. The molecular formula is C14H19NO3S. The Balaban J connectivity index is 1.88.